The van der Waals surface area contributed by atoms with E-state index in [1.807, 2.05) is 48.6 Å². The molecule has 0 amide bonds. The van der Waals surface area contributed by atoms with Gasteiger partial charge in [0.1, 0.15) is 0 Å². The minimum Gasteiger partial charge on any atom is -0.389 e. The summed E-state index contributed by atoms with van der Waals surface area (Å²) in [7, 11) is 0. The first-order chi connectivity index (χ1) is 14.8. The third-order valence-electron chi connectivity index (χ3n) is 5.14. The maximum Gasteiger partial charge on any atom is 0.191 e. The van der Waals surface area contributed by atoms with Crippen molar-refractivity contribution in [3.05, 3.63) is 58.3 Å². The van der Waals surface area contributed by atoms with Gasteiger partial charge in [0.25, 0.3) is 0 Å². The number of ether oxygens (including phenoxy) is 1. The van der Waals surface area contributed by atoms with Crippen LogP contribution >= 0.6 is 35.3 Å². The Hall–Kier alpha value is -1.20. The van der Waals surface area contributed by atoms with Crippen molar-refractivity contribution in [3.63, 3.8) is 0 Å². The normalized spacial score (nSPS) is 16.5. The zero-order valence-corrected chi connectivity index (χ0v) is 21.4. The first kappa shape index (κ1) is 26.1. The fourth-order valence-corrected chi connectivity index (χ4v) is 4.48. The van der Waals surface area contributed by atoms with Crippen molar-refractivity contribution in [3.8, 4) is 0 Å². The molecule has 8 heteroatoms. The molecule has 1 aromatic heterocycles. The second-order valence-electron chi connectivity index (χ2n) is 7.53. The maximum atomic E-state index is 10.3. The van der Waals surface area contributed by atoms with Gasteiger partial charge in [-0.25, -0.2) is 0 Å². The SMILES string of the molecule is CCNC(=NCC(O)COCc1ccccc1)NCC(c1cccs1)N1CCCC1.I. The molecule has 3 N–H and O–H groups in total. The topological polar surface area (TPSA) is 69.1 Å². The number of halogens is 1. The van der Waals surface area contributed by atoms with Crippen LogP contribution in [0, 0.1) is 0 Å². The Labute approximate surface area is 207 Å². The van der Waals surface area contributed by atoms with Crippen LogP contribution in [0.3, 0.4) is 0 Å². The number of hydrogen-bond acceptors (Lipinski definition) is 5. The summed E-state index contributed by atoms with van der Waals surface area (Å²) < 4.78 is 5.62. The minimum atomic E-state index is -0.629. The summed E-state index contributed by atoms with van der Waals surface area (Å²) in [5.74, 6) is 0.736. The molecule has 1 aromatic carbocycles. The Morgan fingerprint density at radius 2 is 1.94 bits per heavy atom. The van der Waals surface area contributed by atoms with Crippen molar-refractivity contribution in [1.29, 1.82) is 0 Å². The molecule has 1 saturated heterocycles. The molecule has 0 aliphatic carbocycles. The maximum absolute atomic E-state index is 10.3. The van der Waals surface area contributed by atoms with E-state index in [2.05, 4.69) is 38.0 Å². The fraction of sp³-hybridized carbons (Fsp3) is 0.522. The zero-order chi connectivity index (χ0) is 21.0. The lowest BCUT2D eigenvalue weighted by Gasteiger charge is -2.27. The number of benzene rings is 1. The average Bonchev–Trinajstić information content (AvgIpc) is 3.48. The van der Waals surface area contributed by atoms with Gasteiger partial charge < -0.3 is 20.5 Å². The van der Waals surface area contributed by atoms with E-state index < -0.39 is 6.10 Å². The molecule has 0 bridgehead atoms. The third kappa shape index (κ3) is 9.05. The summed E-state index contributed by atoms with van der Waals surface area (Å²) in [6, 6.07) is 14.7. The van der Waals surface area contributed by atoms with Gasteiger partial charge >= 0.3 is 0 Å². The molecule has 3 rings (SSSR count). The lowest BCUT2D eigenvalue weighted by Crippen LogP contribution is -2.43. The fourth-order valence-electron chi connectivity index (χ4n) is 3.62. The number of rotatable bonds is 11. The first-order valence-corrected chi connectivity index (χ1v) is 11.7. The molecule has 1 fully saturated rings. The van der Waals surface area contributed by atoms with Crippen LogP contribution < -0.4 is 10.6 Å². The van der Waals surface area contributed by atoms with Crippen molar-refractivity contribution in [2.24, 2.45) is 4.99 Å². The highest BCUT2D eigenvalue weighted by Crippen LogP contribution is 2.27. The van der Waals surface area contributed by atoms with Crippen LogP contribution in [0.5, 0.6) is 0 Å². The summed E-state index contributed by atoms with van der Waals surface area (Å²) in [5, 5.41) is 19.2. The molecule has 2 heterocycles. The van der Waals surface area contributed by atoms with Gasteiger partial charge in [-0.15, -0.1) is 35.3 Å². The van der Waals surface area contributed by atoms with E-state index in [1.165, 1.54) is 17.7 Å². The largest absolute Gasteiger partial charge is 0.389 e. The molecule has 6 nitrogen and oxygen atoms in total. The molecule has 2 unspecified atom stereocenters. The third-order valence-corrected chi connectivity index (χ3v) is 6.12. The molecule has 0 radical (unpaired) electrons. The van der Waals surface area contributed by atoms with Gasteiger partial charge in [0.05, 0.1) is 31.9 Å². The summed E-state index contributed by atoms with van der Waals surface area (Å²) in [4.78, 5) is 8.50. The van der Waals surface area contributed by atoms with Crippen LogP contribution in [0.15, 0.2) is 52.8 Å². The molecule has 2 aromatic rings. The van der Waals surface area contributed by atoms with E-state index in [0.717, 1.165) is 37.7 Å². The Kier molecular flexibility index (Phi) is 12.4. The molecule has 172 valence electrons. The highest BCUT2D eigenvalue weighted by Gasteiger charge is 2.24. The quantitative estimate of drug-likeness (QED) is 0.223. The monoisotopic (exact) mass is 558 g/mol. The number of hydrogen-bond donors (Lipinski definition) is 3. The number of nitrogens with zero attached hydrogens (tertiary/aromatic N) is 2. The number of aliphatic imine (C=N–C) groups is 1. The molecule has 0 spiro atoms. The second-order valence-corrected chi connectivity index (χ2v) is 8.51. The molecular weight excluding hydrogens is 523 g/mol. The molecule has 0 saturated carbocycles. The first-order valence-electron chi connectivity index (χ1n) is 10.9. The standard InChI is InChI=1S/C23H34N4O2S.HI/c1-2-24-23(25-15-20(28)18-29-17-19-9-4-3-5-10-19)26-16-21(22-11-8-14-30-22)27-12-6-7-13-27;/h3-5,8-11,14,20-21,28H,2,6-7,12-13,15-18H2,1H3,(H2,24,25,26);1H. The van der Waals surface area contributed by atoms with Crippen LogP contribution in [-0.4, -0.2) is 61.4 Å². The van der Waals surface area contributed by atoms with Gasteiger partial charge in [0, 0.05) is 18.0 Å². The van der Waals surface area contributed by atoms with E-state index in [1.54, 1.807) is 0 Å². The van der Waals surface area contributed by atoms with E-state index in [-0.39, 0.29) is 30.6 Å². The Bertz CT molecular complexity index is 739. The molecular formula is C23H35IN4O2S. The predicted molar refractivity (Wildman–Crippen MR) is 139 cm³/mol. The van der Waals surface area contributed by atoms with Crippen LogP contribution in [0.25, 0.3) is 0 Å². The Morgan fingerprint density at radius 1 is 1.16 bits per heavy atom. The van der Waals surface area contributed by atoms with E-state index in [4.69, 9.17) is 4.74 Å². The summed E-state index contributed by atoms with van der Waals surface area (Å²) in [5.41, 5.74) is 1.10. The van der Waals surface area contributed by atoms with E-state index in [0.29, 0.717) is 19.2 Å². The van der Waals surface area contributed by atoms with Crippen LogP contribution in [0.4, 0.5) is 0 Å². The molecule has 1 aliphatic rings. The van der Waals surface area contributed by atoms with Crippen molar-refractivity contribution in [2.75, 3.05) is 39.3 Å². The smallest absolute Gasteiger partial charge is 0.191 e. The molecule has 2 atom stereocenters. The van der Waals surface area contributed by atoms with Crippen molar-refractivity contribution in [1.82, 2.24) is 15.5 Å². The summed E-state index contributed by atoms with van der Waals surface area (Å²) in [6.07, 6.45) is 1.91. The molecule has 1 aliphatic heterocycles. The van der Waals surface area contributed by atoms with Crippen molar-refractivity contribution < 1.29 is 9.84 Å². The van der Waals surface area contributed by atoms with Gasteiger partial charge in [-0.1, -0.05) is 36.4 Å². The summed E-state index contributed by atoms with van der Waals surface area (Å²) >= 11 is 1.81. The van der Waals surface area contributed by atoms with Crippen molar-refractivity contribution >= 4 is 41.3 Å². The molecule has 31 heavy (non-hydrogen) atoms. The number of likely N-dealkylation sites (tertiary alicyclic amines) is 1. The van der Waals surface area contributed by atoms with Crippen LogP contribution in [0.1, 0.15) is 36.2 Å². The minimum absolute atomic E-state index is 0. The van der Waals surface area contributed by atoms with Crippen LogP contribution in [0.2, 0.25) is 0 Å². The Balaban J connectivity index is 0.00000341. The lowest BCUT2D eigenvalue weighted by atomic mass is 10.2. The van der Waals surface area contributed by atoms with Gasteiger partial charge in [-0.2, -0.15) is 0 Å². The van der Waals surface area contributed by atoms with Gasteiger partial charge in [-0.3, -0.25) is 9.89 Å². The number of thiophene rings is 1. The van der Waals surface area contributed by atoms with Crippen LogP contribution in [-0.2, 0) is 11.3 Å². The van der Waals surface area contributed by atoms with E-state index in [9.17, 15) is 5.11 Å². The zero-order valence-electron chi connectivity index (χ0n) is 18.2. The average molecular weight is 559 g/mol. The highest BCUT2D eigenvalue weighted by molar-refractivity contribution is 14.0. The van der Waals surface area contributed by atoms with Crippen molar-refractivity contribution in [2.45, 2.75) is 38.5 Å². The number of aliphatic hydroxyl groups excluding tert-OH is 1. The van der Waals surface area contributed by atoms with Gasteiger partial charge in [-0.05, 0) is 49.9 Å². The van der Waals surface area contributed by atoms with E-state index >= 15 is 0 Å². The number of guanidine groups is 1. The summed E-state index contributed by atoms with van der Waals surface area (Å²) in [6.45, 7) is 6.99. The number of aliphatic hydroxyl groups is 1. The highest BCUT2D eigenvalue weighted by atomic mass is 127. The Morgan fingerprint density at radius 3 is 2.61 bits per heavy atom. The van der Waals surface area contributed by atoms with Gasteiger partial charge in [0.2, 0.25) is 0 Å². The lowest BCUT2D eigenvalue weighted by molar-refractivity contribution is 0.0331. The van der Waals surface area contributed by atoms with Gasteiger partial charge in [0.15, 0.2) is 5.96 Å². The predicted octanol–water partition coefficient (Wildman–Crippen LogP) is 3.64. The number of nitrogens with one attached hydrogen (secondary N) is 2. The second kappa shape index (κ2) is 14.8.